The van der Waals surface area contributed by atoms with Crippen LogP contribution in [-0.2, 0) is 0 Å². The lowest BCUT2D eigenvalue weighted by Crippen LogP contribution is -2.34. The summed E-state index contributed by atoms with van der Waals surface area (Å²) in [5.74, 6) is 0.618. The van der Waals surface area contributed by atoms with Crippen LogP contribution in [0.15, 0.2) is 0 Å². The molecule has 0 bridgehead atoms. The van der Waals surface area contributed by atoms with Gasteiger partial charge in [-0.1, -0.05) is 26.2 Å². The molecule has 0 heterocycles. The molecule has 0 aromatic rings. The van der Waals surface area contributed by atoms with Gasteiger partial charge in [-0.3, -0.25) is 0 Å². The van der Waals surface area contributed by atoms with Crippen LogP contribution in [0.2, 0.25) is 0 Å². The van der Waals surface area contributed by atoms with E-state index in [0.29, 0.717) is 12.5 Å². The Morgan fingerprint density at radius 1 is 1.31 bits per heavy atom. The first-order valence-electron chi connectivity index (χ1n) is 5.67. The Bertz CT molecular complexity index is 121. The molecule has 1 rings (SSSR count). The van der Waals surface area contributed by atoms with Crippen LogP contribution in [0.25, 0.3) is 0 Å². The number of nitrogens with one attached hydrogen (secondary N) is 1. The van der Waals surface area contributed by atoms with E-state index < -0.39 is 0 Å². The first-order valence-corrected chi connectivity index (χ1v) is 5.67. The van der Waals surface area contributed by atoms with E-state index in [2.05, 4.69) is 12.2 Å². The molecule has 0 spiro atoms. The van der Waals surface area contributed by atoms with Crippen molar-refractivity contribution in [2.75, 3.05) is 13.2 Å². The zero-order chi connectivity index (χ0) is 9.52. The van der Waals surface area contributed by atoms with Gasteiger partial charge in [0.2, 0.25) is 0 Å². The number of aliphatic hydroxyl groups is 1. The number of aliphatic hydroxyl groups excluding tert-OH is 1. The van der Waals surface area contributed by atoms with Gasteiger partial charge in [0.25, 0.3) is 0 Å². The van der Waals surface area contributed by atoms with E-state index in [1.54, 1.807) is 0 Å². The van der Waals surface area contributed by atoms with Crippen molar-refractivity contribution < 1.29 is 5.11 Å². The van der Waals surface area contributed by atoms with Crippen molar-refractivity contribution in [3.63, 3.8) is 0 Å². The molecule has 78 valence electrons. The van der Waals surface area contributed by atoms with Crippen molar-refractivity contribution in [2.24, 2.45) is 5.92 Å². The summed E-state index contributed by atoms with van der Waals surface area (Å²) < 4.78 is 0. The van der Waals surface area contributed by atoms with Crippen molar-refractivity contribution in [1.29, 1.82) is 0 Å². The van der Waals surface area contributed by atoms with Gasteiger partial charge in [0.05, 0.1) is 0 Å². The van der Waals surface area contributed by atoms with Crippen LogP contribution < -0.4 is 5.32 Å². The third-order valence-corrected chi connectivity index (χ3v) is 2.98. The number of hydrogen-bond acceptors (Lipinski definition) is 2. The maximum Gasteiger partial charge on any atom is 0.0434 e. The Hall–Kier alpha value is -0.0800. The van der Waals surface area contributed by atoms with E-state index in [0.717, 1.165) is 19.0 Å². The fourth-order valence-electron chi connectivity index (χ4n) is 2.00. The third-order valence-electron chi connectivity index (χ3n) is 2.98. The zero-order valence-electron chi connectivity index (χ0n) is 8.76. The van der Waals surface area contributed by atoms with Crippen molar-refractivity contribution >= 4 is 0 Å². The van der Waals surface area contributed by atoms with E-state index in [-0.39, 0.29) is 0 Å². The lowest BCUT2D eigenvalue weighted by atomic mass is 9.95. The van der Waals surface area contributed by atoms with Crippen LogP contribution in [-0.4, -0.2) is 24.3 Å². The quantitative estimate of drug-likeness (QED) is 0.686. The molecule has 13 heavy (non-hydrogen) atoms. The van der Waals surface area contributed by atoms with Crippen molar-refractivity contribution in [3.05, 3.63) is 0 Å². The fraction of sp³-hybridized carbons (Fsp3) is 1.00. The first kappa shape index (κ1) is 11.0. The highest BCUT2D eigenvalue weighted by molar-refractivity contribution is 4.72. The van der Waals surface area contributed by atoms with E-state index >= 15 is 0 Å². The van der Waals surface area contributed by atoms with Gasteiger partial charge in [0, 0.05) is 12.6 Å². The number of rotatable bonds is 5. The molecular formula is C11H23NO. The molecule has 0 aromatic carbocycles. The van der Waals surface area contributed by atoms with Gasteiger partial charge < -0.3 is 10.4 Å². The molecule has 0 radical (unpaired) electrons. The topological polar surface area (TPSA) is 32.3 Å². The molecular weight excluding hydrogens is 162 g/mol. The lowest BCUT2D eigenvalue weighted by molar-refractivity contribution is 0.253. The Balaban J connectivity index is 2.03. The number of hydrogen-bond donors (Lipinski definition) is 2. The summed E-state index contributed by atoms with van der Waals surface area (Å²) in [6.07, 6.45) is 7.85. The minimum absolute atomic E-state index is 0.327. The summed E-state index contributed by atoms with van der Waals surface area (Å²) in [5, 5.41) is 12.3. The molecule has 0 amide bonds. The SMILES string of the molecule is CC(CCO)CNC1CCCCC1. The Morgan fingerprint density at radius 2 is 2.00 bits per heavy atom. The molecule has 1 fully saturated rings. The second-order valence-corrected chi connectivity index (χ2v) is 4.36. The highest BCUT2D eigenvalue weighted by atomic mass is 16.3. The molecule has 1 atom stereocenters. The largest absolute Gasteiger partial charge is 0.396 e. The van der Waals surface area contributed by atoms with Crippen LogP contribution in [0.4, 0.5) is 0 Å². The van der Waals surface area contributed by atoms with Gasteiger partial charge in [-0.15, -0.1) is 0 Å². The van der Waals surface area contributed by atoms with E-state index in [1.165, 1.54) is 32.1 Å². The Kier molecular flexibility index (Phi) is 5.40. The van der Waals surface area contributed by atoms with E-state index in [9.17, 15) is 0 Å². The summed E-state index contributed by atoms with van der Waals surface area (Å²) in [6.45, 7) is 3.60. The molecule has 1 aliphatic carbocycles. The molecule has 0 aliphatic heterocycles. The lowest BCUT2D eigenvalue weighted by Gasteiger charge is -2.24. The maximum atomic E-state index is 8.75. The first-order chi connectivity index (χ1) is 6.33. The van der Waals surface area contributed by atoms with Gasteiger partial charge >= 0.3 is 0 Å². The predicted octanol–water partition coefficient (Wildman–Crippen LogP) is 1.93. The van der Waals surface area contributed by atoms with Gasteiger partial charge in [-0.05, 0) is 31.7 Å². The van der Waals surface area contributed by atoms with Gasteiger partial charge in [0.15, 0.2) is 0 Å². The summed E-state index contributed by atoms with van der Waals surface area (Å²) in [5.41, 5.74) is 0. The van der Waals surface area contributed by atoms with Crippen LogP contribution in [0.1, 0.15) is 45.4 Å². The van der Waals surface area contributed by atoms with E-state index in [4.69, 9.17) is 5.11 Å². The highest BCUT2D eigenvalue weighted by Crippen LogP contribution is 2.17. The van der Waals surface area contributed by atoms with Crippen LogP contribution >= 0.6 is 0 Å². The minimum atomic E-state index is 0.327. The molecule has 1 aliphatic rings. The maximum absolute atomic E-state index is 8.75. The molecule has 1 unspecified atom stereocenters. The van der Waals surface area contributed by atoms with Crippen molar-refractivity contribution in [1.82, 2.24) is 5.32 Å². The van der Waals surface area contributed by atoms with Crippen LogP contribution in [0.3, 0.4) is 0 Å². The molecule has 2 heteroatoms. The summed E-state index contributed by atoms with van der Waals surface area (Å²) >= 11 is 0. The van der Waals surface area contributed by atoms with Crippen LogP contribution in [0.5, 0.6) is 0 Å². The van der Waals surface area contributed by atoms with Gasteiger partial charge in [-0.2, -0.15) is 0 Å². The Labute approximate surface area is 81.7 Å². The summed E-state index contributed by atoms with van der Waals surface area (Å²) in [6, 6.07) is 0.759. The van der Waals surface area contributed by atoms with E-state index in [1.807, 2.05) is 0 Å². The second-order valence-electron chi connectivity index (χ2n) is 4.36. The van der Waals surface area contributed by atoms with Crippen LogP contribution in [0, 0.1) is 5.92 Å². The van der Waals surface area contributed by atoms with Crippen molar-refractivity contribution in [2.45, 2.75) is 51.5 Å². The molecule has 0 aromatic heterocycles. The average molecular weight is 185 g/mol. The molecule has 0 saturated heterocycles. The molecule has 2 nitrogen and oxygen atoms in total. The highest BCUT2D eigenvalue weighted by Gasteiger charge is 2.13. The Morgan fingerprint density at radius 3 is 2.62 bits per heavy atom. The summed E-state index contributed by atoms with van der Waals surface area (Å²) in [4.78, 5) is 0. The third kappa shape index (κ3) is 4.63. The molecule has 1 saturated carbocycles. The van der Waals surface area contributed by atoms with Crippen molar-refractivity contribution in [3.8, 4) is 0 Å². The van der Waals surface area contributed by atoms with Gasteiger partial charge in [-0.25, -0.2) is 0 Å². The minimum Gasteiger partial charge on any atom is -0.396 e. The smallest absolute Gasteiger partial charge is 0.0434 e. The summed E-state index contributed by atoms with van der Waals surface area (Å²) in [7, 11) is 0. The normalized spacial score (nSPS) is 21.7. The fourth-order valence-corrected chi connectivity index (χ4v) is 2.00. The monoisotopic (exact) mass is 185 g/mol. The van der Waals surface area contributed by atoms with Gasteiger partial charge in [0.1, 0.15) is 0 Å². The predicted molar refractivity (Wildman–Crippen MR) is 55.7 cm³/mol. The second kappa shape index (κ2) is 6.39. The zero-order valence-corrected chi connectivity index (χ0v) is 8.76. The average Bonchev–Trinajstić information content (AvgIpc) is 2.17. The molecule has 2 N–H and O–H groups in total. The standard InChI is InChI=1S/C11H23NO/c1-10(7-8-13)9-12-11-5-3-2-4-6-11/h10-13H,2-9H2,1H3.